The van der Waals surface area contributed by atoms with E-state index < -0.39 is 0 Å². The molecule has 1 aliphatic heterocycles. The smallest absolute Gasteiger partial charge is 0.278 e. The first-order valence-corrected chi connectivity index (χ1v) is 15.5. The highest BCUT2D eigenvalue weighted by Gasteiger charge is 2.22. The molecule has 5 heterocycles. The molecule has 11 heteroatoms. The third-order valence-electron chi connectivity index (χ3n) is 8.48. The molecule has 0 spiro atoms. The molecule has 5 aromatic rings. The molecule has 1 N–H and O–H groups in total. The van der Waals surface area contributed by atoms with Crippen LogP contribution in [-0.2, 0) is 13.1 Å². The highest BCUT2D eigenvalue weighted by molar-refractivity contribution is 5.80. The van der Waals surface area contributed by atoms with Gasteiger partial charge in [0.25, 0.3) is 5.56 Å². The number of allylic oxidation sites excluding steroid dienone is 1. The molecule has 0 saturated carbocycles. The highest BCUT2D eigenvalue weighted by Crippen LogP contribution is 2.25. The maximum absolute atomic E-state index is 13.4. The number of alkyl halides is 1. The molecular formula is C33H40FN9O. The Kier molecular flexibility index (Phi) is 8.74. The van der Waals surface area contributed by atoms with Crippen molar-refractivity contribution in [2.75, 3.05) is 49.6 Å². The van der Waals surface area contributed by atoms with Gasteiger partial charge in [0.05, 0.1) is 6.54 Å². The molecule has 1 unspecified atom stereocenters. The van der Waals surface area contributed by atoms with Crippen molar-refractivity contribution in [3.8, 4) is 5.82 Å². The zero-order chi connectivity index (χ0) is 30.6. The molecule has 0 bridgehead atoms. The van der Waals surface area contributed by atoms with E-state index in [2.05, 4.69) is 57.2 Å². The van der Waals surface area contributed by atoms with E-state index in [1.165, 1.54) is 6.42 Å². The maximum atomic E-state index is 13.4. The summed E-state index contributed by atoms with van der Waals surface area (Å²) >= 11 is 0. The topological polar surface area (TPSA) is 89.0 Å². The predicted octanol–water partition coefficient (Wildman–Crippen LogP) is 5.39. The second kappa shape index (κ2) is 13.0. The zero-order valence-electron chi connectivity index (χ0n) is 25.5. The molecule has 1 saturated heterocycles. The summed E-state index contributed by atoms with van der Waals surface area (Å²) < 4.78 is 18.3. The number of halogens is 1. The molecule has 44 heavy (non-hydrogen) atoms. The van der Waals surface area contributed by atoms with Crippen molar-refractivity contribution in [2.24, 2.45) is 5.92 Å². The summed E-state index contributed by atoms with van der Waals surface area (Å²) in [6.45, 7) is 13.2. The van der Waals surface area contributed by atoms with E-state index in [1.807, 2.05) is 36.5 Å². The number of fused-ring (bicyclic) bond motifs is 2. The average Bonchev–Trinajstić information content (AvgIpc) is 3.58. The van der Waals surface area contributed by atoms with E-state index in [0.29, 0.717) is 41.8 Å². The lowest BCUT2D eigenvalue weighted by Gasteiger charge is -2.35. The number of pyridine rings is 1. The van der Waals surface area contributed by atoms with Crippen molar-refractivity contribution in [3.05, 3.63) is 77.9 Å². The molecule has 0 radical (unpaired) electrons. The normalized spacial score (nSPS) is 15.7. The van der Waals surface area contributed by atoms with E-state index >= 15 is 0 Å². The van der Waals surface area contributed by atoms with Crippen molar-refractivity contribution in [1.29, 1.82) is 0 Å². The summed E-state index contributed by atoms with van der Waals surface area (Å²) in [7, 11) is 0. The van der Waals surface area contributed by atoms with Gasteiger partial charge < -0.3 is 19.7 Å². The van der Waals surface area contributed by atoms with Gasteiger partial charge in [0.1, 0.15) is 17.7 Å². The molecular weight excluding hydrogens is 557 g/mol. The molecule has 10 nitrogen and oxygen atoms in total. The van der Waals surface area contributed by atoms with E-state index in [4.69, 9.17) is 9.97 Å². The summed E-state index contributed by atoms with van der Waals surface area (Å²) in [6, 6.07) is 14.2. The van der Waals surface area contributed by atoms with Crippen LogP contribution >= 0.6 is 0 Å². The Morgan fingerprint density at radius 2 is 1.95 bits per heavy atom. The highest BCUT2D eigenvalue weighted by atomic mass is 19.1. The van der Waals surface area contributed by atoms with Crippen LogP contribution in [0.3, 0.4) is 0 Å². The Morgan fingerprint density at radius 3 is 2.70 bits per heavy atom. The minimum atomic E-state index is -0.283. The monoisotopic (exact) mass is 597 g/mol. The van der Waals surface area contributed by atoms with Gasteiger partial charge in [-0.1, -0.05) is 6.08 Å². The second-order valence-corrected chi connectivity index (χ2v) is 11.3. The first-order valence-electron chi connectivity index (χ1n) is 15.5. The van der Waals surface area contributed by atoms with Crippen LogP contribution in [0.25, 0.3) is 27.9 Å². The predicted molar refractivity (Wildman–Crippen MR) is 175 cm³/mol. The lowest BCUT2D eigenvalue weighted by atomic mass is 9.97. The van der Waals surface area contributed by atoms with Gasteiger partial charge in [0, 0.05) is 61.9 Å². The van der Waals surface area contributed by atoms with Crippen molar-refractivity contribution < 1.29 is 4.39 Å². The number of nitrogens with zero attached hydrogens (tertiary/aromatic N) is 8. The largest absolute Gasteiger partial charge is 0.371 e. The molecule has 1 fully saturated rings. The van der Waals surface area contributed by atoms with Crippen molar-refractivity contribution >= 4 is 39.4 Å². The minimum absolute atomic E-state index is 0.200. The molecule has 0 aliphatic carbocycles. The minimum Gasteiger partial charge on any atom is -0.371 e. The number of aromatic nitrogens is 6. The van der Waals surface area contributed by atoms with E-state index in [-0.39, 0.29) is 12.2 Å². The Hall–Kier alpha value is -4.51. The Balaban J connectivity index is 1.26. The molecule has 6 rings (SSSR count). The van der Waals surface area contributed by atoms with Gasteiger partial charge >= 0.3 is 0 Å². The number of benzene rings is 1. The Labute approximate surface area is 256 Å². The number of aryl methyl sites for hydroxylation is 1. The fourth-order valence-corrected chi connectivity index (χ4v) is 6.27. The quantitative estimate of drug-likeness (QED) is 0.193. The van der Waals surface area contributed by atoms with Crippen LogP contribution in [-0.4, -0.2) is 73.2 Å². The number of anilines is 3. The third-order valence-corrected chi connectivity index (χ3v) is 8.48. The number of nitrogens with one attached hydrogen (secondary N) is 1. The van der Waals surface area contributed by atoms with E-state index in [0.717, 1.165) is 61.6 Å². The lowest BCUT2D eigenvalue weighted by Crippen LogP contribution is -2.41. The van der Waals surface area contributed by atoms with Crippen molar-refractivity contribution in [2.45, 2.75) is 39.8 Å². The van der Waals surface area contributed by atoms with Gasteiger partial charge in [-0.15, -0.1) is 6.58 Å². The molecule has 230 valence electrons. The number of hydrogen-bond acceptors (Lipinski definition) is 7. The molecule has 1 atom stereocenters. The number of likely N-dealkylation sites (tertiary alicyclic amines) is 1. The van der Waals surface area contributed by atoms with Gasteiger partial charge in [0.2, 0.25) is 5.95 Å². The van der Waals surface area contributed by atoms with E-state index in [9.17, 15) is 9.18 Å². The van der Waals surface area contributed by atoms with Gasteiger partial charge in [-0.2, -0.15) is 4.98 Å². The summed E-state index contributed by atoms with van der Waals surface area (Å²) in [5.74, 6) is 1.51. The third kappa shape index (κ3) is 5.84. The first kappa shape index (κ1) is 29.6. The lowest BCUT2D eigenvalue weighted by molar-refractivity contribution is 0.165. The summed E-state index contributed by atoms with van der Waals surface area (Å²) in [4.78, 5) is 32.2. The fraction of sp³-hybridized carbons (Fsp3) is 0.394. The van der Waals surface area contributed by atoms with Crippen LogP contribution in [0.4, 0.5) is 21.7 Å². The van der Waals surface area contributed by atoms with Gasteiger partial charge in [-0.3, -0.25) is 4.79 Å². The SMILES string of the molecule is C=CCn1c(=O)c2cnc(Nc3ccc(N(CC)CC4CCCN(CCF)C4)cc3)nc2n1-c1ccc2ccn(CC)c2n1. The summed E-state index contributed by atoms with van der Waals surface area (Å²) in [5.41, 5.74) is 3.10. The van der Waals surface area contributed by atoms with Crippen LogP contribution in [0.15, 0.2) is 72.3 Å². The number of hydrogen-bond donors (Lipinski definition) is 1. The Bertz CT molecular complexity index is 1800. The number of piperidine rings is 1. The molecule has 4 aromatic heterocycles. The maximum Gasteiger partial charge on any atom is 0.278 e. The van der Waals surface area contributed by atoms with Gasteiger partial charge in [-0.25, -0.2) is 23.7 Å². The van der Waals surface area contributed by atoms with Crippen LogP contribution < -0.4 is 15.8 Å². The number of rotatable bonds is 12. The van der Waals surface area contributed by atoms with Gasteiger partial charge in [0.15, 0.2) is 11.5 Å². The second-order valence-electron chi connectivity index (χ2n) is 11.3. The van der Waals surface area contributed by atoms with Gasteiger partial charge in [-0.05, 0) is 81.6 Å². The molecule has 1 aliphatic rings. The van der Waals surface area contributed by atoms with E-state index in [1.54, 1.807) is 21.6 Å². The van der Waals surface area contributed by atoms with Crippen molar-refractivity contribution in [3.63, 3.8) is 0 Å². The van der Waals surface area contributed by atoms with Crippen LogP contribution in [0.5, 0.6) is 0 Å². The summed E-state index contributed by atoms with van der Waals surface area (Å²) in [6.07, 6.45) is 7.57. The standard InChI is InChI=1S/C33H40FN9O/c1-4-17-42-32(44)28-21-35-33(38-31(28)43(42)29-14-9-25-15-19-40(5-2)30(25)37-29)36-26-10-12-27(13-11-26)41(6-3)23-24-8-7-18-39(22-24)20-16-34/h4,9-15,19,21,24H,1,5-8,16-18,20,22-23H2,2-3H3,(H,35,36,38). The molecule has 1 aromatic carbocycles. The average molecular weight is 598 g/mol. The van der Waals surface area contributed by atoms with Crippen LogP contribution in [0.2, 0.25) is 0 Å². The fourth-order valence-electron chi connectivity index (χ4n) is 6.27. The Morgan fingerprint density at radius 1 is 1.11 bits per heavy atom. The molecule has 0 amide bonds. The first-order chi connectivity index (χ1) is 21.5. The zero-order valence-corrected chi connectivity index (χ0v) is 25.5. The van der Waals surface area contributed by atoms with Crippen molar-refractivity contribution in [1.82, 2.24) is 33.8 Å². The summed E-state index contributed by atoms with van der Waals surface area (Å²) in [5, 5.41) is 4.75. The van der Waals surface area contributed by atoms with Crippen LogP contribution in [0, 0.1) is 5.92 Å². The van der Waals surface area contributed by atoms with Crippen LogP contribution in [0.1, 0.15) is 26.7 Å².